The zero-order valence-electron chi connectivity index (χ0n) is 16.7. The van der Waals surface area contributed by atoms with Crippen LogP contribution in [-0.2, 0) is 12.4 Å². The molecule has 0 amide bonds. The molecule has 31 heavy (non-hydrogen) atoms. The first-order valence-electron chi connectivity index (χ1n) is 9.60. The number of hydrogen-bond donors (Lipinski definition) is 0. The first kappa shape index (κ1) is 21.7. The van der Waals surface area contributed by atoms with Crippen LogP contribution in [0.4, 0.5) is 26.3 Å². The van der Waals surface area contributed by atoms with Crippen LogP contribution in [0.2, 0.25) is 11.5 Å². The van der Waals surface area contributed by atoms with Gasteiger partial charge in [0.15, 0.2) is 0 Å². The van der Waals surface area contributed by atoms with Gasteiger partial charge in [0.1, 0.15) is 0 Å². The number of fused-ring (bicyclic) bond motifs is 1. The molecule has 1 heterocycles. The van der Waals surface area contributed by atoms with Gasteiger partial charge in [-0.3, -0.25) is 0 Å². The van der Waals surface area contributed by atoms with Crippen molar-refractivity contribution in [3.8, 4) is 0 Å². The molecule has 0 bridgehead atoms. The summed E-state index contributed by atoms with van der Waals surface area (Å²) in [5.41, 5.74) is 1.61. The van der Waals surface area contributed by atoms with Crippen molar-refractivity contribution < 1.29 is 26.3 Å². The van der Waals surface area contributed by atoms with E-state index in [0.717, 1.165) is 44.2 Å². The first-order chi connectivity index (χ1) is 14.4. The second-order valence-electron chi connectivity index (χ2n) is 8.07. The van der Waals surface area contributed by atoms with Crippen molar-refractivity contribution in [1.82, 2.24) is 0 Å². The minimum atomic E-state index is -4.44. The molecular formula is C24H18F6Ge. The molecule has 0 nitrogen and oxygen atoms in total. The Morgan fingerprint density at radius 3 is 1.52 bits per heavy atom. The van der Waals surface area contributed by atoms with E-state index in [-0.39, 0.29) is 0 Å². The third-order valence-electron chi connectivity index (χ3n) is 5.75. The third kappa shape index (κ3) is 3.82. The van der Waals surface area contributed by atoms with Gasteiger partial charge >= 0.3 is 178 Å². The zero-order valence-corrected chi connectivity index (χ0v) is 18.8. The van der Waals surface area contributed by atoms with Crippen LogP contribution in [0.25, 0.3) is 9.98 Å². The topological polar surface area (TPSA) is 0 Å². The van der Waals surface area contributed by atoms with Crippen LogP contribution in [0.5, 0.6) is 0 Å². The predicted octanol–water partition coefficient (Wildman–Crippen LogP) is 7.15. The van der Waals surface area contributed by atoms with Crippen LogP contribution >= 0.6 is 0 Å². The summed E-state index contributed by atoms with van der Waals surface area (Å²) in [6.07, 6.45) is -8.87. The van der Waals surface area contributed by atoms with E-state index in [0.29, 0.717) is 11.1 Å². The molecule has 0 unspecified atom stereocenters. The van der Waals surface area contributed by atoms with E-state index in [2.05, 4.69) is 11.5 Å². The van der Waals surface area contributed by atoms with Crippen molar-refractivity contribution in [3.63, 3.8) is 0 Å². The second-order valence-corrected chi connectivity index (χ2v) is 17.1. The van der Waals surface area contributed by atoms with E-state index in [9.17, 15) is 26.3 Å². The van der Waals surface area contributed by atoms with Crippen molar-refractivity contribution in [1.29, 1.82) is 0 Å². The summed E-state index contributed by atoms with van der Waals surface area (Å²) < 4.78 is 80.4. The van der Waals surface area contributed by atoms with Gasteiger partial charge in [0.05, 0.1) is 0 Å². The fourth-order valence-electron chi connectivity index (χ4n) is 4.28. The minimum absolute atomic E-state index is 0.631. The van der Waals surface area contributed by atoms with E-state index in [1.807, 2.05) is 24.3 Å². The predicted molar refractivity (Wildman–Crippen MR) is 112 cm³/mol. The van der Waals surface area contributed by atoms with E-state index < -0.39 is 36.7 Å². The molecule has 1 aliphatic rings. The Bertz CT molecular complexity index is 1150. The Morgan fingerprint density at radius 1 is 0.581 bits per heavy atom. The molecule has 0 spiro atoms. The summed E-state index contributed by atoms with van der Waals surface area (Å²) in [7, 11) is 0. The molecule has 160 valence electrons. The van der Waals surface area contributed by atoms with Crippen LogP contribution in [0.1, 0.15) is 27.8 Å². The Kier molecular flexibility index (Phi) is 5.12. The molecule has 0 fully saturated rings. The van der Waals surface area contributed by atoms with Crippen LogP contribution < -0.4 is 4.40 Å². The van der Waals surface area contributed by atoms with Gasteiger partial charge < -0.3 is 0 Å². The van der Waals surface area contributed by atoms with Gasteiger partial charge in [0, 0.05) is 0 Å². The van der Waals surface area contributed by atoms with Gasteiger partial charge in [-0.25, -0.2) is 0 Å². The fourth-order valence-corrected chi connectivity index (χ4v) is 11.5. The molecule has 4 rings (SSSR count). The summed E-state index contributed by atoms with van der Waals surface area (Å²) in [6, 6.07) is 17.8. The molecule has 0 N–H and O–H groups in total. The van der Waals surface area contributed by atoms with Crippen molar-refractivity contribution in [2.24, 2.45) is 0 Å². The number of alkyl halides is 6. The Balaban J connectivity index is 1.94. The molecule has 0 atom stereocenters. The van der Waals surface area contributed by atoms with Crippen molar-refractivity contribution in [3.05, 3.63) is 101 Å². The standard InChI is InChI=1S/C24H18F6Ge/c1-31(2)20-6-4-3-5-19(20)21(15-7-11-17(12-8-15)23(25,26)27)22(31)16-9-13-18(14-10-16)24(28,29)30/h3-14H,1-2H3. The molecule has 3 aromatic rings. The number of rotatable bonds is 2. The summed E-state index contributed by atoms with van der Waals surface area (Å²) in [6.45, 7) is 0. The van der Waals surface area contributed by atoms with Gasteiger partial charge in [-0.05, 0) is 0 Å². The van der Waals surface area contributed by atoms with E-state index in [1.54, 1.807) is 0 Å². The van der Waals surface area contributed by atoms with Crippen LogP contribution in [0, 0.1) is 0 Å². The molecule has 7 heteroatoms. The summed E-state index contributed by atoms with van der Waals surface area (Å²) in [5.74, 6) is 4.31. The van der Waals surface area contributed by atoms with Crippen molar-refractivity contribution in [2.45, 2.75) is 23.9 Å². The molecule has 0 aliphatic carbocycles. The summed E-state index contributed by atoms with van der Waals surface area (Å²) >= 11 is -2.93. The molecule has 0 aromatic heterocycles. The third-order valence-corrected chi connectivity index (χ3v) is 13.2. The first-order valence-corrected chi connectivity index (χ1v) is 15.9. The summed E-state index contributed by atoms with van der Waals surface area (Å²) in [5, 5.41) is 0. The summed E-state index contributed by atoms with van der Waals surface area (Å²) in [4.78, 5) is 0. The quantitative estimate of drug-likeness (QED) is 0.263. The van der Waals surface area contributed by atoms with E-state index >= 15 is 0 Å². The van der Waals surface area contributed by atoms with Crippen LogP contribution in [0.3, 0.4) is 0 Å². The molecule has 0 saturated carbocycles. The average Bonchev–Trinajstić information content (AvgIpc) is 2.94. The maximum atomic E-state index is 13.0. The van der Waals surface area contributed by atoms with Crippen molar-refractivity contribution >= 4 is 27.6 Å². The van der Waals surface area contributed by atoms with Gasteiger partial charge in [0.25, 0.3) is 0 Å². The number of halogens is 6. The van der Waals surface area contributed by atoms with Gasteiger partial charge in [-0.15, -0.1) is 0 Å². The second kappa shape index (κ2) is 7.29. The number of hydrogen-bond acceptors (Lipinski definition) is 0. The van der Waals surface area contributed by atoms with E-state index in [4.69, 9.17) is 0 Å². The zero-order chi connectivity index (χ0) is 22.6. The SMILES string of the molecule is [CH3][Ge]1([CH3])[C](c2ccc(C(F)(F)F)cc2)=C(c2ccc(C(F)(F)F)cc2)c2cccc[c]21. The molecule has 3 aromatic carbocycles. The molecule has 0 radical (unpaired) electrons. The monoisotopic (exact) mass is 494 g/mol. The van der Waals surface area contributed by atoms with Crippen LogP contribution in [0.15, 0.2) is 72.8 Å². The van der Waals surface area contributed by atoms with Gasteiger partial charge in [0.2, 0.25) is 0 Å². The van der Waals surface area contributed by atoms with Gasteiger partial charge in [-0.1, -0.05) is 0 Å². The maximum absolute atomic E-state index is 13.0. The average molecular weight is 493 g/mol. The van der Waals surface area contributed by atoms with Crippen molar-refractivity contribution in [2.75, 3.05) is 0 Å². The Morgan fingerprint density at radius 2 is 1.03 bits per heavy atom. The molecular weight excluding hydrogens is 475 g/mol. The molecule has 0 saturated heterocycles. The number of benzene rings is 3. The fraction of sp³-hybridized carbons (Fsp3) is 0.167. The Hall–Kier alpha value is -2.48. The molecule has 1 aliphatic heterocycles. The van der Waals surface area contributed by atoms with Crippen LogP contribution in [-0.4, -0.2) is 13.3 Å². The Labute approximate surface area is 178 Å². The normalized spacial score (nSPS) is 15.9. The van der Waals surface area contributed by atoms with Gasteiger partial charge in [-0.2, -0.15) is 0 Å². The van der Waals surface area contributed by atoms with E-state index in [1.165, 1.54) is 24.3 Å².